The number of carbonyl (C=O) groups is 2. The maximum absolute atomic E-state index is 13.7. The lowest BCUT2D eigenvalue weighted by molar-refractivity contribution is -0.140. The molecule has 0 spiro atoms. The van der Waals surface area contributed by atoms with E-state index in [1.54, 1.807) is 12.1 Å². The second-order valence-electron chi connectivity index (χ2n) is 9.00. The van der Waals surface area contributed by atoms with Gasteiger partial charge in [0, 0.05) is 12.6 Å². The number of hydrogen-bond acceptors (Lipinski definition) is 4. The number of amides is 2. The smallest absolute Gasteiger partial charge is 0.244 e. The third-order valence-corrected chi connectivity index (χ3v) is 7.31. The van der Waals surface area contributed by atoms with E-state index in [0.717, 1.165) is 33.7 Å². The zero-order valence-corrected chi connectivity index (χ0v) is 22.6. The summed E-state index contributed by atoms with van der Waals surface area (Å²) >= 11 is 0. The average molecular weight is 502 g/mol. The number of rotatable bonds is 12. The fourth-order valence-electron chi connectivity index (χ4n) is 3.90. The van der Waals surface area contributed by atoms with E-state index in [-0.39, 0.29) is 25.0 Å². The molecule has 0 bridgehead atoms. The average Bonchev–Trinajstić information content (AvgIpc) is 2.82. The summed E-state index contributed by atoms with van der Waals surface area (Å²) < 4.78 is 26.7. The van der Waals surface area contributed by atoms with E-state index in [1.807, 2.05) is 71.0 Å². The molecule has 2 aromatic rings. The summed E-state index contributed by atoms with van der Waals surface area (Å²) in [5, 5.41) is 2.98. The monoisotopic (exact) mass is 501 g/mol. The van der Waals surface area contributed by atoms with Crippen molar-refractivity contribution in [3.8, 4) is 0 Å². The second kappa shape index (κ2) is 12.7. The molecule has 0 fully saturated rings. The van der Waals surface area contributed by atoms with E-state index in [0.29, 0.717) is 18.5 Å². The Balaban J connectivity index is 2.46. The van der Waals surface area contributed by atoms with Gasteiger partial charge >= 0.3 is 0 Å². The second-order valence-corrected chi connectivity index (χ2v) is 10.9. The number of benzene rings is 2. The number of sulfonamides is 1. The van der Waals surface area contributed by atoms with Crippen LogP contribution in [0.25, 0.3) is 0 Å². The number of para-hydroxylation sites is 1. The minimum Gasteiger partial charge on any atom is -0.352 e. The Labute approximate surface area is 210 Å². The highest BCUT2D eigenvalue weighted by atomic mass is 32.2. The maximum atomic E-state index is 13.7. The summed E-state index contributed by atoms with van der Waals surface area (Å²) in [6.45, 7) is 9.51. The van der Waals surface area contributed by atoms with Crippen LogP contribution in [0.15, 0.2) is 48.5 Å². The van der Waals surface area contributed by atoms with Crippen molar-refractivity contribution in [2.45, 2.75) is 72.5 Å². The molecule has 2 aromatic carbocycles. The highest BCUT2D eigenvalue weighted by Crippen LogP contribution is 2.24. The largest absolute Gasteiger partial charge is 0.352 e. The van der Waals surface area contributed by atoms with Crippen LogP contribution in [0.4, 0.5) is 5.69 Å². The number of hydrogen-bond donors (Lipinski definition) is 1. The predicted molar refractivity (Wildman–Crippen MR) is 142 cm³/mol. The van der Waals surface area contributed by atoms with Crippen molar-refractivity contribution in [3.05, 3.63) is 65.2 Å². The van der Waals surface area contributed by atoms with Crippen LogP contribution in [0, 0.1) is 6.92 Å². The minimum absolute atomic E-state index is 0.0307. The first-order valence-electron chi connectivity index (χ1n) is 12.2. The molecule has 7 nitrogen and oxygen atoms in total. The lowest BCUT2D eigenvalue weighted by Crippen LogP contribution is -2.53. The molecule has 2 atom stereocenters. The van der Waals surface area contributed by atoms with E-state index in [1.165, 1.54) is 4.90 Å². The lowest BCUT2D eigenvalue weighted by Gasteiger charge is -2.33. The van der Waals surface area contributed by atoms with Crippen LogP contribution < -0.4 is 9.62 Å². The third kappa shape index (κ3) is 7.82. The van der Waals surface area contributed by atoms with Crippen molar-refractivity contribution in [2.75, 3.05) is 17.1 Å². The zero-order valence-electron chi connectivity index (χ0n) is 21.7. The topological polar surface area (TPSA) is 86.8 Å². The van der Waals surface area contributed by atoms with Gasteiger partial charge < -0.3 is 10.2 Å². The Kier molecular flexibility index (Phi) is 10.3. The van der Waals surface area contributed by atoms with Crippen LogP contribution in [0.3, 0.4) is 0 Å². The highest BCUT2D eigenvalue weighted by molar-refractivity contribution is 7.92. The van der Waals surface area contributed by atoms with Crippen LogP contribution in [-0.4, -0.2) is 50.0 Å². The van der Waals surface area contributed by atoms with Gasteiger partial charge in [0.15, 0.2) is 0 Å². The molecule has 0 aromatic heterocycles. The quantitative estimate of drug-likeness (QED) is 0.475. The number of nitrogens with one attached hydrogen (secondary N) is 1. The first kappa shape index (κ1) is 28.4. The van der Waals surface area contributed by atoms with Gasteiger partial charge in [-0.15, -0.1) is 0 Å². The molecule has 2 amide bonds. The number of nitrogens with zero attached hydrogens (tertiary/aromatic N) is 2. The molecule has 0 unspecified atom stereocenters. The molecule has 0 radical (unpaired) electrons. The molecule has 192 valence electrons. The molecule has 0 saturated heterocycles. The summed E-state index contributed by atoms with van der Waals surface area (Å²) in [7, 11) is -3.75. The van der Waals surface area contributed by atoms with E-state index < -0.39 is 22.0 Å². The molecule has 8 heteroatoms. The SMILES string of the molecule is CCc1ccccc1N(CC(=O)N(Cc1ccc(C)cc1)[C@@H](CC)C(=O)N[C@@H](C)CC)S(C)(=O)=O. The molecule has 2 rings (SSSR count). The van der Waals surface area contributed by atoms with Gasteiger partial charge in [0.2, 0.25) is 21.8 Å². The Morgan fingerprint density at radius 1 is 0.971 bits per heavy atom. The summed E-state index contributed by atoms with van der Waals surface area (Å²) in [5.74, 6) is -0.657. The predicted octanol–water partition coefficient (Wildman–Crippen LogP) is 4.05. The van der Waals surface area contributed by atoms with Crippen molar-refractivity contribution in [1.82, 2.24) is 10.2 Å². The van der Waals surface area contributed by atoms with Crippen molar-refractivity contribution < 1.29 is 18.0 Å². The Morgan fingerprint density at radius 2 is 1.60 bits per heavy atom. The molecule has 0 saturated carbocycles. The number of carbonyl (C=O) groups excluding carboxylic acids is 2. The van der Waals surface area contributed by atoms with Crippen LogP contribution in [0.5, 0.6) is 0 Å². The first-order chi connectivity index (χ1) is 16.5. The molecule has 0 aliphatic rings. The zero-order chi connectivity index (χ0) is 26.2. The standard InChI is InChI=1S/C27H39N3O4S/c1-7-21(5)28-27(32)24(9-3)29(18-22-16-14-20(4)15-17-22)26(31)19-30(35(6,33)34)25-13-11-10-12-23(25)8-2/h10-17,21,24H,7-9,18-19H2,1-6H3,(H,28,32)/t21-,24-/m0/s1. The Hall–Kier alpha value is -2.87. The third-order valence-electron chi connectivity index (χ3n) is 6.18. The summed E-state index contributed by atoms with van der Waals surface area (Å²) in [6.07, 6.45) is 2.90. The van der Waals surface area contributed by atoms with Crippen molar-refractivity contribution in [2.24, 2.45) is 0 Å². The van der Waals surface area contributed by atoms with Crippen molar-refractivity contribution in [3.63, 3.8) is 0 Å². The summed E-state index contributed by atoms with van der Waals surface area (Å²) in [5.41, 5.74) is 3.28. The van der Waals surface area contributed by atoms with Crippen LogP contribution in [-0.2, 0) is 32.6 Å². The first-order valence-corrected chi connectivity index (χ1v) is 14.1. The maximum Gasteiger partial charge on any atom is 0.244 e. The van der Waals surface area contributed by atoms with Gasteiger partial charge in [-0.1, -0.05) is 68.8 Å². The van der Waals surface area contributed by atoms with E-state index in [2.05, 4.69) is 5.32 Å². The summed E-state index contributed by atoms with van der Waals surface area (Å²) in [6, 6.07) is 14.2. The fourth-order valence-corrected chi connectivity index (χ4v) is 4.78. The van der Waals surface area contributed by atoms with Gasteiger partial charge in [-0.3, -0.25) is 13.9 Å². The number of anilines is 1. The summed E-state index contributed by atoms with van der Waals surface area (Å²) in [4.78, 5) is 28.4. The van der Waals surface area contributed by atoms with E-state index >= 15 is 0 Å². The van der Waals surface area contributed by atoms with Crippen molar-refractivity contribution >= 4 is 27.5 Å². The van der Waals surface area contributed by atoms with Crippen molar-refractivity contribution in [1.29, 1.82) is 0 Å². The van der Waals surface area contributed by atoms with Crippen LogP contribution >= 0.6 is 0 Å². The fraction of sp³-hybridized carbons (Fsp3) is 0.481. The molecular weight excluding hydrogens is 462 g/mol. The van der Waals surface area contributed by atoms with Gasteiger partial charge in [0.1, 0.15) is 12.6 Å². The lowest BCUT2D eigenvalue weighted by atomic mass is 10.1. The van der Waals surface area contributed by atoms with Gasteiger partial charge in [0.05, 0.1) is 11.9 Å². The van der Waals surface area contributed by atoms with E-state index in [4.69, 9.17) is 0 Å². The minimum atomic E-state index is -3.75. The normalized spacial score (nSPS) is 13.1. The highest BCUT2D eigenvalue weighted by Gasteiger charge is 2.32. The van der Waals surface area contributed by atoms with Gasteiger partial charge in [-0.25, -0.2) is 8.42 Å². The Bertz CT molecular complexity index is 1100. The van der Waals surface area contributed by atoms with Gasteiger partial charge in [-0.05, 0) is 50.3 Å². The molecule has 0 aliphatic carbocycles. The molecule has 1 N–H and O–H groups in total. The van der Waals surface area contributed by atoms with Crippen LogP contribution in [0.1, 0.15) is 57.2 Å². The number of aryl methyl sites for hydroxylation is 2. The molecular formula is C27H39N3O4S. The molecule has 0 aliphatic heterocycles. The molecule has 35 heavy (non-hydrogen) atoms. The van der Waals surface area contributed by atoms with Gasteiger partial charge in [-0.2, -0.15) is 0 Å². The van der Waals surface area contributed by atoms with Gasteiger partial charge in [0.25, 0.3) is 0 Å². The Morgan fingerprint density at radius 3 is 2.14 bits per heavy atom. The van der Waals surface area contributed by atoms with Crippen LogP contribution in [0.2, 0.25) is 0 Å². The molecule has 0 heterocycles. The van der Waals surface area contributed by atoms with E-state index in [9.17, 15) is 18.0 Å².